The van der Waals surface area contributed by atoms with Gasteiger partial charge in [-0.2, -0.15) is 0 Å². The molecule has 5 aromatic rings. The molecule has 0 bridgehead atoms. The van der Waals surface area contributed by atoms with E-state index < -0.39 is 0 Å². The van der Waals surface area contributed by atoms with Gasteiger partial charge in [0.05, 0.1) is 0 Å². The monoisotopic (exact) mass is 692 g/mol. The molecule has 0 aromatic heterocycles. The third kappa shape index (κ3) is 5.92. The lowest BCUT2D eigenvalue weighted by molar-refractivity contribution is 0.0508. The molecule has 0 radical (unpaired) electrons. The lowest BCUT2D eigenvalue weighted by Gasteiger charge is -2.34. The first-order chi connectivity index (χ1) is 25.3. The lowest BCUT2D eigenvalue weighted by atomic mass is 9.86. The van der Waals surface area contributed by atoms with Crippen molar-refractivity contribution in [3.8, 4) is 22.3 Å². The summed E-state index contributed by atoms with van der Waals surface area (Å²) in [5.41, 5.74) is 6.17. The van der Waals surface area contributed by atoms with Crippen LogP contribution in [0.4, 0.5) is 0 Å². The van der Waals surface area contributed by atoms with Crippen LogP contribution in [0.15, 0.2) is 84.9 Å². The van der Waals surface area contributed by atoms with Crippen LogP contribution in [-0.2, 0) is 0 Å². The molecule has 0 aliphatic carbocycles. The van der Waals surface area contributed by atoms with Crippen molar-refractivity contribution >= 4 is 45.2 Å². The Bertz CT molecular complexity index is 2000. The molecule has 0 N–H and O–H groups in total. The first-order valence-electron chi connectivity index (χ1n) is 19.3. The van der Waals surface area contributed by atoms with E-state index >= 15 is 0 Å². The molecule has 0 spiro atoms. The molecule has 0 saturated heterocycles. The van der Waals surface area contributed by atoms with Crippen LogP contribution < -0.4 is 0 Å². The number of hydrogen-bond donors (Lipinski definition) is 0. The van der Waals surface area contributed by atoms with Crippen molar-refractivity contribution in [3.63, 3.8) is 0 Å². The summed E-state index contributed by atoms with van der Waals surface area (Å²) in [6.45, 7) is 8.42. The standard InChI is InChI=1S/C46H48N2O4/c1-5-9-11-15-31(7-3)47-43(49)37-19-13-17-35-33(25-27-39(41(35)37)45(47)51)29-21-23-30(24-22-29)34-26-28-40-42-36(34)18-14-20-38(42)44(50)48(46(40)52)32(8-4)16-12-10-6-2/h13-14,17-28,31-32H,5-12,15-16H2,1-4H3. The van der Waals surface area contributed by atoms with Crippen molar-refractivity contribution in [2.24, 2.45) is 0 Å². The predicted molar refractivity (Wildman–Crippen MR) is 210 cm³/mol. The lowest BCUT2D eigenvalue weighted by Crippen LogP contribution is -2.46. The highest BCUT2D eigenvalue weighted by Crippen LogP contribution is 2.41. The number of hydrogen-bond acceptors (Lipinski definition) is 4. The fraction of sp³-hybridized carbons (Fsp3) is 0.348. The number of nitrogens with zero attached hydrogens (tertiary/aromatic N) is 2. The molecule has 7 rings (SSSR count). The van der Waals surface area contributed by atoms with Crippen LogP contribution in [0.3, 0.4) is 0 Å². The topological polar surface area (TPSA) is 74.8 Å². The summed E-state index contributed by atoms with van der Waals surface area (Å²) in [4.78, 5) is 58.6. The largest absolute Gasteiger partial charge is 0.271 e. The van der Waals surface area contributed by atoms with E-state index in [9.17, 15) is 19.2 Å². The van der Waals surface area contributed by atoms with Gasteiger partial charge in [-0.15, -0.1) is 0 Å². The molecule has 5 aromatic carbocycles. The van der Waals surface area contributed by atoms with Crippen LogP contribution in [0.25, 0.3) is 43.8 Å². The second-order valence-corrected chi connectivity index (χ2v) is 14.4. The summed E-state index contributed by atoms with van der Waals surface area (Å²) in [6, 6.07) is 27.3. The summed E-state index contributed by atoms with van der Waals surface area (Å²) in [7, 11) is 0. The van der Waals surface area contributed by atoms with Gasteiger partial charge in [0.2, 0.25) is 0 Å². The van der Waals surface area contributed by atoms with Gasteiger partial charge in [0.1, 0.15) is 0 Å². The van der Waals surface area contributed by atoms with Gasteiger partial charge >= 0.3 is 0 Å². The molecule has 2 atom stereocenters. The number of carbonyl (C=O) groups is 4. The van der Waals surface area contributed by atoms with E-state index in [4.69, 9.17) is 0 Å². The first-order valence-corrected chi connectivity index (χ1v) is 19.3. The Balaban J connectivity index is 1.22. The van der Waals surface area contributed by atoms with E-state index in [1.165, 1.54) is 9.80 Å². The van der Waals surface area contributed by atoms with E-state index in [1.54, 1.807) is 0 Å². The molecule has 6 heteroatoms. The Morgan fingerprint density at radius 2 is 0.769 bits per heavy atom. The Labute approximate surface area is 306 Å². The fourth-order valence-corrected chi connectivity index (χ4v) is 8.52. The third-order valence-electron chi connectivity index (χ3n) is 11.3. The molecule has 2 aliphatic rings. The summed E-state index contributed by atoms with van der Waals surface area (Å²) >= 11 is 0. The summed E-state index contributed by atoms with van der Waals surface area (Å²) < 4.78 is 0. The van der Waals surface area contributed by atoms with Crippen molar-refractivity contribution < 1.29 is 19.2 Å². The molecule has 2 aliphatic heterocycles. The van der Waals surface area contributed by atoms with Gasteiger partial charge in [0.25, 0.3) is 23.6 Å². The zero-order valence-electron chi connectivity index (χ0n) is 30.8. The molecule has 0 saturated carbocycles. The van der Waals surface area contributed by atoms with Gasteiger partial charge in [0, 0.05) is 45.1 Å². The highest BCUT2D eigenvalue weighted by atomic mass is 16.2. The van der Waals surface area contributed by atoms with Gasteiger partial charge in [0.15, 0.2) is 0 Å². The Morgan fingerprint density at radius 3 is 1.12 bits per heavy atom. The average molecular weight is 693 g/mol. The van der Waals surface area contributed by atoms with Gasteiger partial charge in [-0.05, 0) is 83.0 Å². The number of benzene rings is 5. The molecule has 6 nitrogen and oxygen atoms in total. The van der Waals surface area contributed by atoms with Crippen molar-refractivity contribution in [2.75, 3.05) is 0 Å². The van der Waals surface area contributed by atoms with Crippen molar-refractivity contribution in [1.29, 1.82) is 0 Å². The number of amides is 4. The van der Waals surface area contributed by atoms with E-state index in [2.05, 4.69) is 52.0 Å². The minimum absolute atomic E-state index is 0.114. The number of carbonyl (C=O) groups excluding carboxylic acids is 4. The number of rotatable bonds is 14. The van der Waals surface area contributed by atoms with Crippen LogP contribution in [-0.4, -0.2) is 45.5 Å². The molecular formula is C46H48N2O4. The summed E-state index contributed by atoms with van der Waals surface area (Å²) in [5, 5.41) is 3.21. The zero-order valence-corrected chi connectivity index (χ0v) is 30.8. The fourth-order valence-electron chi connectivity index (χ4n) is 8.52. The van der Waals surface area contributed by atoms with E-state index in [0.717, 1.165) is 108 Å². The van der Waals surface area contributed by atoms with Crippen molar-refractivity contribution in [3.05, 3.63) is 107 Å². The van der Waals surface area contributed by atoms with Crippen LogP contribution in [0.5, 0.6) is 0 Å². The quantitative estimate of drug-likeness (QED) is 0.0857. The SMILES string of the molecule is CCCCCC(CC)N1C(=O)c2cccc3c(-c4ccc(-c5ccc6c7c(cccc57)C(=O)N(C(CC)CCCCC)C6=O)cc4)ccc(c23)C1=O. The van der Waals surface area contributed by atoms with Crippen LogP contribution in [0.2, 0.25) is 0 Å². The van der Waals surface area contributed by atoms with Crippen LogP contribution >= 0.6 is 0 Å². The number of imide groups is 2. The second-order valence-electron chi connectivity index (χ2n) is 14.4. The van der Waals surface area contributed by atoms with Crippen LogP contribution in [0, 0.1) is 0 Å². The predicted octanol–water partition coefficient (Wildman–Crippen LogP) is 11.2. The van der Waals surface area contributed by atoms with Gasteiger partial charge < -0.3 is 0 Å². The Kier molecular flexibility index (Phi) is 10.1. The van der Waals surface area contributed by atoms with Crippen molar-refractivity contribution in [1.82, 2.24) is 9.80 Å². The van der Waals surface area contributed by atoms with Gasteiger partial charge in [-0.1, -0.05) is 127 Å². The molecule has 0 fully saturated rings. The van der Waals surface area contributed by atoms with E-state index in [0.29, 0.717) is 22.3 Å². The highest BCUT2D eigenvalue weighted by molar-refractivity contribution is 6.28. The van der Waals surface area contributed by atoms with Crippen molar-refractivity contribution in [2.45, 2.75) is 104 Å². The minimum Gasteiger partial charge on any atom is -0.271 e. The number of unbranched alkanes of at least 4 members (excludes halogenated alkanes) is 4. The van der Waals surface area contributed by atoms with Gasteiger partial charge in [-0.3, -0.25) is 29.0 Å². The normalized spacial score (nSPS) is 15.2. The molecule has 2 heterocycles. The molecule has 4 amide bonds. The highest BCUT2D eigenvalue weighted by Gasteiger charge is 2.38. The first kappa shape index (κ1) is 35.3. The molecule has 2 unspecified atom stereocenters. The smallest absolute Gasteiger partial charge is 0.261 e. The maximum absolute atomic E-state index is 13.9. The van der Waals surface area contributed by atoms with E-state index in [-0.39, 0.29) is 35.7 Å². The Morgan fingerprint density at radius 1 is 0.423 bits per heavy atom. The summed E-state index contributed by atoms with van der Waals surface area (Å²) in [5.74, 6) is -0.820. The molecule has 52 heavy (non-hydrogen) atoms. The Hall–Kier alpha value is -5.10. The molecule has 266 valence electrons. The molecular weight excluding hydrogens is 645 g/mol. The summed E-state index contributed by atoms with van der Waals surface area (Å²) in [6.07, 6.45) is 9.45. The van der Waals surface area contributed by atoms with Gasteiger partial charge in [-0.25, -0.2) is 0 Å². The average Bonchev–Trinajstić information content (AvgIpc) is 3.17. The maximum Gasteiger partial charge on any atom is 0.261 e. The zero-order chi connectivity index (χ0) is 36.5. The maximum atomic E-state index is 13.9. The minimum atomic E-state index is -0.205. The van der Waals surface area contributed by atoms with Crippen LogP contribution in [0.1, 0.15) is 133 Å². The van der Waals surface area contributed by atoms with E-state index in [1.807, 2.05) is 60.7 Å². The third-order valence-corrected chi connectivity index (χ3v) is 11.3. The second kappa shape index (κ2) is 14.9.